The minimum Gasteiger partial charge on any atom is -0.456 e. The van der Waals surface area contributed by atoms with E-state index in [1.165, 1.54) is 12.8 Å². The molecule has 270 valence electrons. The van der Waals surface area contributed by atoms with Crippen LogP contribution in [0.4, 0.5) is 0 Å². The van der Waals surface area contributed by atoms with Gasteiger partial charge in [-0.05, 0) is 125 Å². The molecule has 10 fully saturated rings. The van der Waals surface area contributed by atoms with Crippen molar-refractivity contribution in [3.63, 3.8) is 0 Å². The number of carbonyl (C=O) groups is 1. The molecule has 6 saturated heterocycles. The molecule has 2 spiro atoms. The lowest BCUT2D eigenvalue weighted by Gasteiger charge is -2.62. The van der Waals surface area contributed by atoms with E-state index in [9.17, 15) is 4.79 Å². The quantitative estimate of drug-likeness (QED) is 0.229. The number of ether oxygens (including phenoxy) is 3. The molecule has 0 aromatic heterocycles. The molecule has 8 nitrogen and oxygen atoms in total. The molecule has 11 rings (SSSR count). The molecule has 0 radical (unpaired) electrons. The Labute approximate surface area is 292 Å². The molecule has 0 amide bonds. The number of rotatable bonds is 5. The molecule has 1 aromatic carbocycles. The Kier molecular flexibility index (Phi) is 7.97. The second-order valence-electron chi connectivity index (χ2n) is 18.5. The number of carbonyl (C=O) groups excluding carboxylic acids is 1. The van der Waals surface area contributed by atoms with Gasteiger partial charge in [-0.25, -0.2) is 24.3 Å². The van der Waals surface area contributed by atoms with Gasteiger partial charge in [0.15, 0.2) is 0 Å². The SMILES string of the molecule is C[C@H]1[C@@H](C[C@H](OC(=O)c2ccccc2)C2O[C@@H]3C[C@@]4(C)CC[C@H]5[C@H](C)CC[C@@H]([C@H]2C)[C@@]35OO4)O[C@@H]2C[C@@]3(C)CC[C@H]4[C@H](C)CC[C@@H]1[C@@]24OO3. The monoisotopic (exact) mass is 678 g/mol. The third kappa shape index (κ3) is 4.93. The molecular formula is C41H58O8. The molecular weight excluding hydrogens is 620 g/mol. The van der Waals surface area contributed by atoms with Crippen LogP contribution in [0, 0.1) is 47.3 Å². The number of hydrogen-bond donors (Lipinski definition) is 0. The van der Waals surface area contributed by atoms with Gasteiger partial charge in [0.1, 0.15) is 28.5 Å². The Hall–Kier alpha value is -1.55. The average molecular weight is 679 g/mol. The van der Waals surface area contributed by atoms with Gasteiger partial charge in [-0.3, -0.25) is 0 Å². The van der Waals surface area contributed by atoms with Crippen molar-refractivity contribution < 1.29 is 38.6 Å². The summed E-state index contributed by atoms with van der Waals surface area (Å²) in [6, 6.07) is 9.41. The van der Waals surface area contributed by atoms with E-state index in [0.717, 1.165) is 51.4 Å². The molecule has 1 aromatic rings. The first-order chi connectivity index (χ1) is 23.5. The maximum atomic E-state index is 13.9. The van der Waals surface area contributed by atoms with E-state index in [2.05, 4.69) is 41.5 Å². The predicted octanol–water partition coefficient (Wildman–Crippen LogP) is 8.02. The summed E-state index contributed by atoms with van der Waals surface area (Å²) >= 11 is 0. The molecule has 1 unspecified atom stereocenters. The zero-order valence-electron chi connectivity index (χ0n) is 30.4. The van der Waals surface area contributed by atoms with Crippen LogP contribution >= 0.6 is 0 Å². The van der Waals surface area contributed by atoms with E-state index >= 15 is 0 Å². The van der Waals surface area contributed by atoms with Crippen LogP contribution in [0.5, 0.6) is 0 Å². The van der Waals surface area contributed by atoms with Crippen molar-refractivity contribution in [1.29, 1.82) is 0 Å². The van der Waals surface area contributed by atoms with Crippen molar-refractivity contribution in [2.45, 2.75) is 165 Å². The fraction of sp³-hybridized carbons (Fsp3) is 0.829. The summed E-state index contributed by atoms with van der Waals surface area (Å²) < 4.78 is 21.3. The molecule has 4 aliphatic carbocycles. The van der Waals surface area contributed by atoms with Crippen LogP contribution in [0.1, 0.15) is 123 Å². The summed E-state index contributed by atoms with van der Waals surface area (Å²) in [5.74, 6) is 2.55. The standard InChI is InChI=1S/C41H58O8/c1-23-12-14-30-25(3)32(43-34-21-38(5)18-16-28(23)40(30,34)48-46-38)20-33(44-37(42)27-10-8-7-9-11-27)36-26(4)31-15-13-24(2)29-17-19-39(6)22-35(45-36)41(29,31)49-47-39/h7-11,23-26,28-36H,12-22H2,1-6H3/t23-,24-,25-,26-,28+,29+,30+,31+,32-,33+,34-,35-,36?,38-,39-,40-,41-/m1/s1. The van der Waals surface area contributed by atoms with Gasteiger partial charge in [0.05, 0.1) is 30.0 Å². The third-order valence-electron chi connectivity index (χ3n) is 15.7. The summed E-state index contributed by atoms with van der Waals surface area (Å²) in [5.41, 5.74) is -1.03. The maximum absolute atomic E-state index is 13.9. The van der Waals surface area contributed by atoms with Gasteiger partial charge >= 0.3 is 5.97 Å². The summed E-state index contributed by atoms with van der Waals surface area (Å²) in [4.78, 5) is 39.7. The van der Waals surface area contributed by atoms with Gasteiger partial charge < -0.3 is 14.2 Å². The molecule has 10 aliphatic rings. The van der Waals surface area contributed by atoms with Crippen LogP contribution < -0.4 is 0 Å². The van der Waals surface area contributed by atoms with Gasteiger partial charge in [-0.15, -0.1) is 0 Å². The summed E-state index contributed by atoms with van der Waals surface area (Å²) in [6.45, 7) is 13.8. The highest BCUT2D eigenvalue weighted by Gasteiger charge is 2.70. The Bertz CT molecular complexity index is 1420. The maximum Gasteiger partial charge on any atom is 0.338 e. The second kappa shape index (κ2) is 11.7. The fourth-order valence-corrected chi connectivity index (χ4v) is 13.0. The zero-order valence-corrected chi connectivity index (χ0v) is 30.4. The summed E-state index contributed by atoms with van der Waals surface area (Å²) in [7, 11) is 0. The smallest absolute Gasteiger partial charge is 0.338 e. The van der Waals surface area contributed by atoms with E-state index in [0.29, 0.717) is 41.6 Å². The first kappa shape index (κ1) is 33.3. The normalized spacial score (nSPS) is 53.4. The Morgan fingerprint density at radius 1 is 0.714 bits per heavy atom. The highest BCUT2D eigenvalue weighted by Crippen LogP contribution is 2.64. The Morgan fingerprint density at radius 3 is 1.86 bits per heavy atom. The van der Waals surface area contributed by atoms with Crippen molar-refractivity contribution in [2.75, 3.05) is 0 Å². The van der Waals surface area contributed by atoms with E-state index < -0.39 is 17.3 Å². The van der Waals surface area contributed by atoms with Crippen molar-refractivity contribution >= 4 is 5.97 Å². The van der Waals surface area contributed by atoms with Gasteiger partial charge in [-0.1, -0.05) is 45.9 Å². The van der Waals surface area contributed by atoms with Crippen LogP contribution in [0.25, 0.3) is 0 Å². The van der Waals surface area contributed by atoms with Crippen LogP contribution in [0.3, 0.4) is 0 Å². The highest BCUT2D eigenvalue weighted by molar-refractivity contribution is 5.89. The highest BCUT2D eigenvalue weighted by atomic mass is 17.2. The third-order valence-corrected chi connectivity index (χ3v) is 15.7. The van der Waals surface area contributed by atoms with Gasteiger partial charge in [0, 0.05) is 19.3 Å². The zero-order chi connectivity index (χ0) is 33.9. The predicted molar refractivity (Wildman–Crippen MR) is 181 cm³/mol. The van der Waals surface area contributed by atoms with Crippen molar-refractivity contribution in [1.82, 2.24) is 0 Å². The minimum absolute atomic E-state index is 0.0465. The van der Waals surface area contributed by atoms with Gasteiger partial charge in [-0.2, -0.15) is 0 Å². The van der Waals surface area contributed by atoms with Crippen LogP contribution in [-0.4, -0.2) is 58.9 Å². The largest absolute Gasteiger partial charge is 0.456 e. The number of esters is 1. The first-order valence-corrected chi connectivity index (χ1v) is 19.8. The molecule has 0 N–H and O–H groups in total. The van der Waals surface area contributed by atoms with Crippen LogP contribution in [0.2, 0.25) is 0 Å². The molecule has 6 heterocycles. The number of benzene rings is 1. The first-order valence-electron chi connectivity index (χ1n) is 19.8. The van der Waals surface area contributed by atoms with E-state index in [1.54, 1.807) is 0 Å². The van der Waals surface area contributed by atoms with Gasteiger partial charge in [0.25, 0.3) is 0 Å². The van der Waals surface area contributed by atoms with Crippen molar-refractivity contribution in [2.24, 2.45) is 47.3 Å². The summed E-state index contributed by atoms with van der Waals surface area (Å²) in [5, 5.41) is 0. The van der Waals surface area contributed by atoms with Crippen LogP contribution in [0.15, 0.2) is 30.3 Å². The lowest BCUT2D eigenvalue weighted by molar-refractivity contribution is -0.491. The Morgan fingerprint density at radius 2 is 1.27 bits per heavy atom. The van der Waals surface area contributed by atoms with E-state index in [-0.39, 0.29) is 59.3 Å². The Balaban J connectivity index is 1.06. The van der Waals surface area contributed by atoms with Gasteiger partial charge in [0.2, 0.25) is 0 Å². The summed E-state index contributed by atoms with van der Waals surface area (Å²) in [6.07, 6.45) is 9.95. The van der Waals surface area contributed by atoms with Crippen LogP contribution in [-0.2, 0) is 33.8 Å². The second-order valence-corrected chi connectivity index (χ2v) is 18.5. The average Bonchev–Trinajstić information content (AvgIpc) is 3.46. The van der Waals surface area contributed by atoms with E-state index in [1.807, 2.05) is 30.3 Å². The molecule has 4 bridgehead atoms. The minimum atomic E-state index is -0.469. The molecule has 17 atom stereocenters. The van der Waals surface area contributed by atoms with Crippen molar-refractivity contribution in [3.8, 4) is 0 Å². The fourth-order valence-electron chi connectivity index (χ4n) is 13.0. The number of fused-ring (bicyclic) bond motifs is 4. The lowest BCUT2D eigenvalue weighted by Crippen LogP contribution is -2.71. The topological polar surface area (TPSA) is 81.7 Å². The number of hydrogen-bond acceptors (Lipinski definition) is 8. The molecule has 6 aliphatic heterocycles. The molecule has 4 saturated carbocycles. The molecule has 49 heavy (non-hydrogen) atoms. The van der Waals surface area contributed by atoms with E-state index in [4.69, 9.17) is 33.8 Å². The molecule has 8 heteroatoms. The van der Waals surface area contributed by atoms with Crippen molar-refractivity contribution in [3.05, 3.63) is 35.9 Å². The lowest BCUT2D eigenvalue weighted by atomic mass is 9.55.